The summed E-state index contributed by atoms with van der Waals surface area (Å²) in [6, 6.07) is 10.7. The largest absolute Gasteiger partial charge is 0.314 e. The van der Waals surface area contributed by atoms with E-state index in [1.165, 1.54) is 36.9 Å². The van der Waals surface area contributed by atoms with Crippen molar-refractivity contribution in [2.75, 3.05) is 6.54 Å². The number of benzene rings is 1. The van der Waals surface area contributed by atoms with Gasteiger partial charge in [-0.2, -0.15) is 0 Å². The molecule has 2 rings (SSSR count). The van der Waals surface area contributed by atoms with Gasteiger partial charge in [0.15, 0.2) is 0 Å². The van der Waals surface area contributed by atoms with Gasteiger partial charge in [0.25, 0.3) is 0 Å². The smallest absolute Gasteiger partial charge is 0.0319 e. The van der Waals surface area contributed by atoms with Gasteiger partial charge in [-0.15, -0.1) is 0 Å². The first-order valence-electron chi connectivity index (χ1n) is 7.75. The molecule has 0 radical (unpaired) electrons. The van der Waals surface area contributed by atoms with E-state index in [-0.39, 0.29) is 0 Å². The van der Waals surface area contributed by atoms with E-state index in [2.05, 4.69) is 55.7 Å². The molecule has 2 heteroatoms. The van der Waals surface area contributed by atoms with Crippen LogP contribution in [0.25, 0.3) is 0 Å². The zero-order chi connectivity index (χ0) is 13.7. The molecule has 3 unspecified atom stereocenters. The maximum Gasteiger partial charge on any atom is 0.0319 e. The second-order valence-electron chi connectivity index (χ2n) is 5.97. The summed E-state index contributed by atoms with van der Waals surface area (Å²) in [4.78, 5) is 0. The fourth-order valence-corrected chi connectivity index (χ4v) is 3.04. The third kappa shape index (κ3) is 4.32. The molecule has 2 N–H and O–H groups in total. The van der Waals surface area contributed by atoms with Crippen LogP contribution in [0, 0.1) is 6.92 Å². The quantitative estimate of drug-likeness (QED) is 0.817. The van der Waals surface area contributed by atoms with Crippen LogP contribution in [0.5, 0.6) is 0 Å². The summed E-state index contributed by atoms with van der Waals surface area (Å²) in [5.74, 6) is 0. The van der Waals surface area contributed by atoms with Gasteiger partial charge in [0.1, 0.15) is 0 Å². The van der Waals surface area contributed by atoms with Gasteiger partial charge in [-0.25, -0.2) is 0 Å². The highest BCUT2D eigenvalue weighted by molar-refractivity contribution is 5.24. The maximum atomic E-state index is 3.79. The van der Waals surface area contributed by atoms with E-state index >= 15 is 0 Å². The normalized spacial score (nSPS) is 22.4. The number of rotatable bonds is 6. The van der Waals surface area contributed by atoms with E-state index in [9.17, 15) is 0 Å². The van der Waals surface area contributed by atoms with Crippen LogP contribution in [0.2, 0.25) is 0 Å². The number of hydrogen-bond acceptors (Lipinski definition) is 2. The highest BCUT2D eigenvalue weighted by Crippen LogP contribution is 2.19. The van der Waals surface area contributed by atoms with Crippen molar-refractivity contribution in [3.63, 3.8) is 0 Å². The first-order chi connectivity index (χ1) is 9.19. The van der Waals surface area contributed by atoms with Crippen LogP contribution >= 0.6 is 0 Å². The predicted octanol–water partition coefficient (Wildman–Crippen LogP) is 3.57. The van der Waals surface area contributed by atoms with E-state index in [0.29, 0.717) is 12.1 Å². The van der Waals surface area contributed by atoms with Crippen LogP contribution in [0.1, 0.15) is 56.7 Å². The third-order valence-corrected chi connectivity index (χ3v) is 4.17. The molecule has 106 valence electrons. The molecule has 19 heavy (non-hydrogen) atoms. The number of hydrogen-bond donors (Lipinski definition) is 2. The summed E-state index contributed by atoms with van der Waals surface area (Å²) >= 11 is 0. The van der Waals surface area contributed by atoms with Crippen molar-refractivity contribution in [1.82, 2.24) is 10.6 Å². The van der Waals surface area contributed by atoms with Gasteiger partial charge in [0.05, 0.1) is 0 Å². The van der Waals surface area contributed by atoms with Crippen LogP contribution < -0.4 is 10.6 Å². The molecule has 1 heterocycles. The summed E-state index contributed by atoms with van der Waals surface area (Å²) in [5.41, 5.74) is 2.75. The first-order valence-corrected chi connectivity index (χ1v) is 7.75. The van der Waals surface area contributed by atoms with E-state index < -0.39 is 0 Å². The van der Waals surface area contributed by atoms with Crippen LogP contribution in [0.15, 0.2) is 24.3 Å². The lowest BCUT2D eigenvalue weighted by molar-refractivity contribution is 0.389. The van der Waals surface area contributed by atoms with E-state index in [1.807, 2.05) is 0 Å². The topological polar surface area (TPSA) is 24.1 Å². The standard InChI is InChI=1S/C17H28N2/c1-4-17(15-9-7-13(2)8-10-15)19-14(3)12-16-6-5-11-18-16/h7-10,14,16-19H,4-6,11-12H2,1-3H3. The Morgan fingerprint density at radius 3 is 2.63 bits per heavy atom. The molecule has 0 spiro atoms. The average Bonchev–Trinajstić information content (AvgIpc) is 2.90. The van der Waals surface area contributed by atoms with Crippen molar-refractivity contribution in [2.24, 2.45) is 0 Å². The summed E-state index contributed by atoms with van der Waals surface area (Å²) in [6.07, 6.45) is 5.06. The molecule has 3 atom stereocenters. The van der Waals surface area contributed by atoms with E-state index in [4.69, 9.17) is 0 Å². The Balaban J connectivity index is 1.88. The molecule has 0 bridgehead atoms. The molecule has 0 amide bonds. The van der Waals surface area contributed by atoms with E-state index in [0.717, 1.165) is 12.5 Å². The summed E-state index contributed by atoms with van der Waals surface area (Å²) in [5, 5.41) is 7.38. The fraction of sp³-hybridized carbons (Fsp3) is 0.647. The Labute approximate surface area is 118 Å². The zero-order valence-corrected chi connectivity index (χ0v) is 12.6. The minimum atomic E-state index is 0.483. The predicted molar refractivity (Wildman–Crippen MR) is 82.5 cm³/mol. The molecule has 1 fully saturated rings. The molecule has 1 aromatic rings. The Bertz CT molecular complexity index is 365. The lowest BCUT2D eigenvalue weighted by atomic mass is 10.00. The van der Waals surface area contributed by atoms with Gasteiger partial charge < -0.3 is 10.6 Å². The SMILES string of the molecule is CCC(NC(C)CC1CCCN1)c1ccc(C)cc1. The van der Waals surface area contributed by atoms with Crippen molar-refractivity contribution in [3.8, 4) is 0 Å². The molecule has 0 aromatic heterocycles. The molecule has 1 saturated heterocycles. The second-order valence-corrected chi connectivity index (χ2v) is 5.97. The average molecular weight is 260 g/mol. The highest BCUT2D eigenvalue weighted by Gasteiger charge is 2.19. The van der Waals surface area contributed by atoms with Gasteiger partial charge in [-0.1, -0.05) is 36.8 Å². The molecular formula is C17H28N2. The van der Waals surface area contributed by atoms with Crippen molar-refractivity contribution in [3.05, 3.63) is 35.4 Å². The van der Waals surface area contributed by atoms with Gasteiger partial charge in [0, 0.05) is 18.1 Å². The minimum absolute atomic E-state index is 0.483. The number of nitrogens with one attached hydrogen (secondary N) is 2. The lowest BCUT2D eigenvalue weighted by Gasteiger charge is -2.25. The van der Waals surface area contributed by atoms with Gasteiger partial charge >= 0.3 is 0 Å². The molecule has 1 aromatic carbocycles. The van der Waals surface area contributed by atoms with Gasteiger partial charge in [-0.3, -0.25) is 0 Å². The lowest BCUT2D eigenvalue weighted by Crippen LogP contribution is -2.36. The van der Waals surface area contributed by atoms with Gasteiger partial charge in [-0.05, 0) is 51.6 Å². The monoisotopic (exact) mass is 260 g/mol. The third-order valence-electron chi connectivity index (χ3n) is 4.17. The van der Waals surface area contributed by atoms with Gasteiger partial charge in [0.2, 0.25) is 0 Å². The summed E-state index contributed by atoms with van der Waals surface area (Å²) < 4.78 is 0. The Morgan fingerprint density at radius 1 is 1.32 bits per heavy atom. The van der Waals surface area contributed by atoms with Crippen LogP contribution in [-0.2, 0) is 0 Å². The maximum absolute atomic E-state index is 3.79. The van der Waals surface area contributed by atoms with Crippen LogP contribution in [0.4, 0.5) is 0 Å². The molecule has 0 aliphatic carbocycles. The first kappa shape index (κ1) is 14.5. The fourth-order valence-electron chi connectivity index (χ4n) is 3.04. The molecule has 1 aliphatic heterocycles. The Kier molecular flexibility index (Phi) is 5.41. The van der Waals surface area contributed by atoms with Crippen LogP contribution in [-0.4, -0.2) is 18.6 Å². The Hall–Kier alpha value is -0.860. The summed E-state index contributed by atoms with van der Waals surface area (Å²) in [7, 11) is 0. The number of aryl methyl sites for hydroxylation is 1. The molecule has 1 aliphatic rings. The summed E-state index contributed by atoms with van der Waals surface area (Å²) in [6.45, 7) is 7.92. The molecular weight excluding hydrogens is 232 g/mol. The highest BCUT2D eigenvalue weighted by atomic mass is 15.0. The minimum Gasteiger partial charge on any atom is -0.314 e. The van der Waals surface area contributed by atoms with Crippen molar-refractivity contribution >= 4 is 0 Å². The van der Waals surface area contributed by atoms with Crippen molar-refractivity contribution < 1.29 is 0 Å². The van der Waals surface area contributed by atoms with Crippen molar-refractivity contribution in [2.45, 2.75) is 64.6 Å². The van der Waals surface area contributed by atoms with Crippen molar-refractivity contribution in [1.29, 1.82) is 0 Å². The zero-order valence-electron chi connectivity index (χ0n) is 12.6. The molecule has 0 saturated carbocycles. The second kappa shape index (κ2) is 7.06. The van der Waals surface area contributed by atoms with E-state index in [1.54, 1.807) is 0 Å². The van der Waals surface area contributed by atoms with Crippen LogP contribution in [0.3, 0.4) is 0 Å². The Morgan fingerprint density at radius 2 is 2.05 bits per heavy atom. The molecule has 2 nitrogen and oxygen atoms in total.